The zero-order valence-corrected chi connectivity index (χ0v) is 9.06. The quantitative estimate of drug-likeness (QED) is 0.862. The molecule has 2 rings (SSSR count). The third kappa shape index (κ3) is 2.36. The number of aliphatic carboxylic acids is 1. The Balaban J connectivity index is 2.06. The summed E-state index contributed by atoms with van der Waals surface area (Å²) in [5.74, 6) is -1.13. The van der Waals surface area contributed by atoms with E-state index in [0.717, 1.165) is 0 Å². The van der Waals surface area contributed by atoms with Crippen LogP contribution in [0.5, 0.6) is 0 Å². The van der Waals surface area contributed by atoms with Crippen LogP contribution in [-0.4, -0.2) is 24.2 Å². The Hall–Kier alpha value is -2.09. The van der Waals surface area contributed by atoms with E-state index in [2.05, 4.69) is 0 Å². The lowest BCUT2D eigenvalue weighted by atomic mass is 9.95. The molecule has 0 spiro atoms. The van der Waals surface area contributed by atoms with Crippen molar-refractivity contribution in [3.8, 4) is 6.07 Å². The third-order valence-electron chi connectivity index (χ3n) is 2.84. The van der Waals surface area contributed by atoms with Crippen LogP contribution in [0.1, 0.15) is 12.0 Å². The van der Waals surface area contributed by atoms with Gasteiger partial charge in [0.1, 0.15) is 11.9 Å². The minimum absolute atomic E-state index is 0.115. The molecule has 1 aliphatic rings. The average molecular weight is 234 g/mol. The molecule has 0 unspecified atom stereocenters. The van der Waals surface area contributed by atoms with Crippen molar-refractivity contribution in [2.45, 2.75) is 6.42 Å². The van der Waals surface area contributed by atoms with Crippen LogP contribution >= 0.6 is 0 Å². The number of anilines is 1. The molecule has 5 heteroatoms. The largest absolute Gasteiger partial charge is 0.481 e. The summed E-state index contributed by atoms with van der Waals surface area (Å²) in [4.78, 5) is 12.4. The number of hydrogen-bond acceptors (Lipinski definition) is 3. The summed E-state index contributed by atoms with van der Waals surface area (Å²) in [5.41, 5.74) is 0.967. The molecule has 1 saturated heterocycles. The van der Waals surface area contributed by atoms with Gasteiger partial charge in [-0.3, -0.25) is 4.79 Å². The average Bonchev–Trinajstić information content (AvgIpc) is 2.23. The van der Waals surface area contributed by atoms with Gasteiger partial charge >= 0.3 is 5.97 Å². The number of carboxylic acids is 1. The lowest BCUT2D eigenvalue weighted by Crippen LogP contribution is -2.47. The monoisotopic (exact) mass is 234 g/mol. The fraction of sp³-hybridized carbons (Fsp3) is 0.333. The van der Waals surface area contributed by atoms with E-state index in [0.29, 0.717) is 24.3 Å². The molecule has 1 N–H and O–H groups in total. The minimum atomic E-state index is -0.811. The minimum Gasteiger partial charge on any atom is -0.481 e. The SMILES string of the molecule is N#Cc1cc(F)ccc1N1CC(CC(=O)O)C1. The normalized spacial score (nSPS) is 15.2. The van der Waals surface area contributed by atoms with Gasteiger partial charge in [-0.1, -0.05) is 0 Å². The van der Waals surface area contributed by atoms with Crippen LogP contribution in [0.15, 0.2) is 18.2 Å². The van der Waals surface area contributed by atoms with Gasteiger partial charge < -0.3 is 10.0 Å². The lowest BCUT2D eigenvalue weighted by Gasteiger charge is -2.40. The molecule has 1 fully saturated rings. The Kier molecular flexibility index (Phi) is 2.96. The Bertz CT molecular complexity index is 490. The van der Waals surface area contributed by atoms with Crippen LogP contribution < -0.4 is 4.90 Å². The maximum atomic E-state index is 12.9. The highest BCUT2D eigenvalue weighted by Crippen LogP contribution is 2.29. The highest BCUT2D eigenvalue weighted by molar-refractivity contribution is 5.68. The van der Waals surface area contributed by atoms with Crippen molar-refractivity contribution in [1.82, 2.24) is 0 Å². The summed E-state index contributed by atoms with van der Waals surface area (Å²) >= 11 is 0. The number of nitriles is 1. The van der Waals surface area contributed by atoms with Crippen molar-refractivity contribution in [2.24, 2.45) is 5.92 Å². The first-order valence-electron chi connectivity index (χ1n) is 5.26. The van der Waals surface area contributed by atoms with Crippen LogP contribution in [-0.2, 0) is 4.79 Å². The predicted octanol–water partition coefficient (Wildman–Crippen LogP) is 1.61. The summed E-state index contributed by atoms with van der Waals surface area (Å²) in [6.45, 7) is 1.21. The first kappa shape index (κ1) is 11.4. The molecule has 0 radical (unpaired) electrons. The molecular formula is C12H11FN2O2. The molecule has 4 nitrogen and oxygen atoms in total. The number of hydrogen-bond donors (Lipinski definition) is 1. The number of carboxylic acid groups (broad SMARTS) is 1. The Morgan fingerprint density at radius 3 is 2.88 bits per heavy atom. The van der Waals surface area contributed by atoms with Gasteiger partial charge in [-0.25, -0.2) is 4.39 Å². The van der Waals surface area contributed by atoms with Gasteiger partial charge in [0, 0.05) is 19.0 Å². The maximum Gasteiger partial charge on any atom is 0.303 e. The standard InChI is InChI=1S/C12H11FN2O2/c13-10-1-2-11(9(4-10)5-14)15-6-8(7-15)3-12(16)17/h1-2,4,8H,3,6-7H2,(H,16,17). The summed E-state index contributed by atoms with van der Waals surface area (Å²) < 4.78 is 12.9. The number of carbonyl (C=O) groups is 1. The van der Waals surface area contributed by atoms with Gasteiger partial charge in [-0.05, 0) is 18.2 Å². The van der Waals surface area contributed by atoms with E-state index in [9.17, 15) is 9.18 Å². The molecule has 0 atom stereocenters. The summed E-state index contributed by atoms with van der Waals surface area (Å²) in [6, 6.07) is 6.00. The van der Waals surface area contributed by atoms with Crippen LogP contribution in [0.4, 0.5) is 10.1 Å². The van der Waals surface area contributed by atoms with E-state index in [1.165, 1.54) is 12.1 Å². The van der Waals surface area contributed by atoms with Gasteiger partial charge in [-0.2, -0.15) is 5.26 Å². The molecule has 88 valence electrons. The molecule has 0 bridgehead atoms. The first-order valence-corrected chi connectivity index (χ1v) is 5.26. The van der Waals surface area contributed by atoms with E-state index in [1.54, 1.807) is 6.07 Å². The van der Waals surface area contributed by atoms with Crippen molar-refractivity contribution in [2.75, 3.05) is 18.0 Å². The molecule has 0 aromatic heterocycles. The van der Waals surface area contributed by atoms with E-state index in [4.69, 9.17) is 10.4 Å². The van der Waals surface area contributed by atoms with Gasteiger partial charge in [0.25, 0.3) is 0 Å². The van der Waals surface area contributed by atoms with E-state index in [1.807, 2.05) is 11.0 Å². The van der Waals surface area contributed by atoms with Gasteiger partial charge in [-0.15, -0.1) is 0 Å². The molecule has 0 aliphatic carbocycles. The molecular weight excluding hydrogens is 223 g/mol. The zero-order chi connectivity index (χ0) is 12.4. The molecule has 1 aliphatic heterocycles. The number of nitrogens with zero attached hydrogens (tertiary/aromatic N) is 2. The maximum absolute atomic E-state index is 12.9. The second kappa shape index (κ2) is 4.42. The molecule has 1 heterocycles. The third-order valence-corrected chi connectivity index (χ3v) is 2.84. The number of halogens is 1. The Morgan fingerprint density at radius 2 is 2.29 bits per heavy atom. The molecule has 17 heavy (non-hydrogen) atoms. The van der Waals surface area contributed by atoms with Crippen LogP contribution in [0.25, 0.3) is 0 Å². The fourth-order valence-corrected chi connectivity index (χ4v) is 2.02. The Morgan fingerprint density at radius 1 is 1.59 bits per heavy atom. The number of rotatable bonds is 3. The van der Waals surface area contributed by atoms with Gasteiger partial charge in [0.2, 0.25) is 0 Å². The number of benzene rings is 1. The van der Waals surface area contributed by atoms with Gasteiger partial charge in [0.15, 0.2) is 0 Å². The topological polar surface area (TPSA) is 64.3 Å². The highest BCUT2D eigenvalue weighted by Gasteiger charge is 2.30. The second-order valence-corrected chi connectivity index (χ2v) is 4.14. The van der Waals surface area contributed by atoms with E-state index < -0.39 is 11.8 Å². The van der Waals surface area contributed by atoms with Gasteiger partial charge in [0.05, 0.1) is 17.7 Å². The first-order chi connectivity index (χ1) is 8.10. The predicted molar refractivity (Wildman–Crippen MR) is 59.1 cm³/mol. The van der Waals surface area contributed by atoms with E-state index in [-0.39, 0.29) is 12.3 Å². The van der Waals surface area contributed by atoms with Crippen molar-refractivity contribution in [3.63, 3.8) is 0 Å². The summed E-state index contributed by atoms with van der Waals surface area (Å²) in [5, 5.41) is 17.5. The zero-order valence-electron chi connectivity index (χ0n) is 9.06. The van der Waals surface area contributed by atoms with Crippen molar-refractivity contribution < 1.29 is 14.3 Å². The van der Waals surface area contributed by atoms with Crippen molar-refractivity contribution in [3.05, 3.63) is 29.6 Å². The summed E-state index contributed by atoms with van der Waals surface area (Å²) in [7, 11) is 0. The van der Waals surface area contributed by atoms with Crippen LogP contribution in [0.2, 0.25) is 0 Å². The Labute approximate surface area is 97.9 Å². The highest BCUT2D eigenvalue weighted by atomic mass is 19.1. The molecule has 1 aromatic rings. The molecule has 0 amide bonds. The second-order valence-electron chi connectivity index (χ2n) is 4.14. The van der Waals surface area contributed by atoms with Crippen molar-refractivity contribution in [1.29, 1.82) is 5.26 Å². The van der Waals surface area contributed by atoms with Crippen LogP contribution in [0.3, 0.4) is 0 Å². The van der Waals surface area contributed by atoms with Crippen LogP contribution in [0, 0.1) is 23.1 Å². The molecule has 1 aromatic carbocycles. The molecule has 0 saturated carbocycles. The smallest absolute Gasteiger partial charge is 0.303 e. The summed E-state index contributed by atoms with van der Waals surface area (Å²) in [6.07, 6.45) is 0.138. The van der Waals surface area contributed by atoms with Crippen molar-refractivity contribution >= 4 is 11.7 Å². The van der Waals surface area contributed by atoms with E-state index >= 15 is 0 Å². The lowest BCUT2D eigenvalue weighted by molar-refractivity contribution is -0.138. The fourth-order valence-electron chi connectivity index (χ4n) is 2.02.